The summed E-state index contributed by atoms with van der Waals surface area (Å²) < 4.78 is 24.1. The summed E-state index contributed by atoms with van der Waals surface area (Å²) in [5.41, 5.74) is 1.06. The highest BCUT2D eigenvalue weighted by Crippen LogP contribution is 2.27. The van der Waals surface area contributed by atoms with E-state index >= 15 is 0 Å². The number of nitrogens with zero attached hydrogens (tertiary/aromatic N) is 1. The first-order valence-corrected chi connectivity index (χ1v) is 23.8. The highest BCUT2D eigenvalue weighted by molar-refractivity contribution is 5.70. The number of hydrogen-bond acceptors (Lipinski definition) is 9. The minimum absolute atomic E-state index is 0.0203. The molecule has 0 aromatic heterocycles. The summed E-state index contributed by atoms with van der Waals surface area (Å²) in [6.07, 6.45) is 25.8. The number of benzene rings is 1. The quantitative estimate of drug-likeness (QED) is 0.0478. The van der Waals surface area contributed by atoms with Crippen molar-refractivity contribution in [3.8, 4) is 11.5 Å². The first kappa shape index (κ1) is 54.7. The number of hydrogen-bond donors (Lipinski definition) is 2. The fourth-order valence-electron chi connectivity index (χ4n) is 7.42. The molecule has 11 nitrogen and oxygen atoms in total. The number of carboxylic acid groups (broad SMARTS) is 2. The Morgan fingerprint density at radius 3 is 1.45 bits per heavy atom. The van der Waals surface area contributed by atoms with E-state index in [0.717, 1.165) is 159 Å². The van der Waals surface area contributed by atoms with Crippen molar-refractivity contribution in [2.45, 2.75) is 213 Å². The summed E-state index contributed by atoms with van der Waals surface area (Å²) in [4.78, 5) is 49.1. The second kappa shape index (κ2) is 37.4. The number of rotatable bonds is 42. The van der Waals surface area contributed by atoms with Crippen molar-refractivity contribution in [3.63, 3.8) is 0 Å². The van der Waals surface area contributed by atoms with E-state index in [0.29, 0.717) is 44.1 Å². The zero-order valence-electron chi connectivity index (χ0n) is 38.3. The van der Waals surface area contributed by atoms with Gasteiger partial charge in [-0.2, -0.15) is 0 Å². The molecular weight excluding hydrogens is 763 g/mol. The van der Waals surface area contributed by atoms with Gasteiger partial charge in [-0.3, -0.25) is 19.2 Å². The second-order valence-electron chi connectivity index (χ2n) is 17.1. The van der Waals surface area contributed by atoms with Crippen molar-refractivity contribution in [2.75, 3.05) is 33.9 Å². The zero-order valence-corrected chi connectivity index (χ0v) is 38.3. The lowest BCUT2D eigenvalue weighted by Gasteiger charge is -2.20. The van der Waals surface area contributed by atoms with Gasteiger partial charge in [0.2, 0.25) is 0 Å². The fourth-order valence-corrected chi connectivity index (χ4v) is 7.42. The monoisotopic (exact) mass is 848 g/mol. The molecule has 11 heteroatoms. The molecular formula is C49H85NO10. The van der Waals surface area contributed by atoms with Crippen molar-refractivity contribution >= 4 is 23.9 Å². The zero-order chi connectivity index (χ0) is 44.1. The summed E-state index contributed by atoms with van der Waals surface area (Å²) in [5.74, 6) is -0.0107. The number of ether oxygens (including phenoxy) is 4. The van der Waals surface area contributed by atoms with Gasteiger partial charge >= 0.3 is 23.9 Å². The molecule has 0 radical (unpaired) electrons. The van der Waals surface area contributed by atoms with Gasteiger partial charge in [0.25, 0.3) is 0 Å². The molecule has 2 N–H and O–H groups in total. The third-order valence-electron chi connectivity index (χ3n) is 10.9. The van der Waals surface area contributed by atoms with Crippen LogP contribution in [0, 0.1) is 5.92 Å². The number of carbonyl (C=O) groups is 4. The van der Waals surface area contributed by atoms with Gasteiger partial charge in [0.05, 0.1) is 13.2 Å². The van der Waals surface area contributed by atoms with Crippen LogP contribution in [0.4, 0.5) is 0 Å². The normalized spacial score (nSPS) is 12.3. The van der Waals surface area contributed by atoms with Crippen LogP contribution in [-0.2, 0) is 35.2 Å². The maximum Gasteiger partial charge on any atom is 0.306 e. The van der Waals surface area contributed by atoms with Crippen LogP contribution in [0.25, 0.3) is 0 Å². The Labute approximate surface area is 364 Å². The van der Waals surface area contributed by atoms with E-state index in [1.807, 2.05) is 26.2 Å². The molecule has 2 atom stereocenters. The van der Waals surface area contributed by atoms with Crippen LogP contribution >= 0.6 is 0 Å². The van der Waals surface area contributed by atoms with Crippen LogP contribution in [0.5, 0.6) is 11.5 Å². The number of carboxylic acids is 2. The van der Waals surface area contributed by atoms with Crippen molar-refractivity contribution in [2.24, 2.45) is 5.92 Å². The molecule has 0 spiro atoms. The molecule has 0 fully saturated rings. The lowest BCUT2D eigenvalue weighted by Crippen LogP contribution is -2.27. The third kappa shape index (κ3) is 33.4. The van der Waals surface area contributed by atoms with Gasteiger partial charge < -0.3 is 34.1 Å². The Kier molecular flexibility index (Phi) is 34.1. The Morgan fingerprint density at radius 1 is 0.533 bits per heavy atom. The molecule has 0 heterocycles. The highest BCUT2D eigenvalue weighted by atomic mass is 16.6. The summed E-state index contributed by atoms with van der Waals surface area (Å²) >= 11 is 0. The largest absolute Gasteiger partial charge is 0.493 e. The predicted molar refractivity (Wildman–Crippen MR) is 240 cm³/mol. The van der Waals surface area contributed by atoms with E-state index in [9.17, 15) is 19.2 Å². The van der Waals surface area contributed by atoms with Crippen LogP contribution in [0.2, 0.25) is 0 Å². The molecule has 1 aromatic carbocycles. The average molecular weight is 848 g/mol. The summed E-state index contributed by atoms with van der Waals surface area (Å²) in [5, 5.41) is 17.8. The van der Waals surface area contributed by atoms with Crippen LogP contribution in [0.15, 0.2) is 18.2 Å². The summed E-state index contributed by atoms with van der Waals surface area (Å²) in [7, 11) is 4.05. The minimum Gasteiger partial charge on any atom is -0.493 e. The Morgan fingerprint density at radius 2 is 0.967 bits per heavy atom. The molecule has 0 aliphatic rings. The van der Waals surface area contributed by atoms with Gasteiger partial charge in [-0.1, -0.05) is 136 Å². The van der Waals surface area contributed by atoms with Gasteiger partial charge in [-0.05, 0) is 69.8 Å². The molecule has 0 saturated carbocycles. The number of esters is 2. The summed E-state index contributed by atoms with van der Waals surface area (Å²) in [6.45, 7) is 5.94. The molecule has 1 aromatic rings. The lowest BCUT2D eigenvalue weighted by atomic mass is 9.91. The Hall–Kier alpha value is -3.34. The predicted octanol–water partition coefficient (Wildman–Crippen LogP) is 12.1. The van der Waals surface area contributed by atoms with Crippen molar-refractivity contribution in [1.29, 1.82) is 0 Å². The highest BCUT2D eigenvalue weighted by Gasteiger charge is 2.18. The molecule has 60 heavy (non-hydrogen) atoms. The molecule has 0 bridgehead atoms. The van der Waals surface area contributed by atoms with E-state index in [4.69, 9.17) is 29.2 Å². The molecule has 0 aliphatic carbocycles. The second-order valence-corrected chi connectivity index (χ2v) is 17.1. The minimum atomic E-state index is -0.726. The third-order valence-corrected chi connectivity index (χ3v) is 10.9. The molecule has 1 rings (SSSR count). The van der Waals surface area contributed by atoms with E-state index in [2.05, 4.69) is 24.8 Å². The Balaban J connectivity index is 2.84. The average Bonchev–Trinajstić information content (AvgIpc) is 3.19. The molecule has 0 unspecified atom stereocenters. The maximum atomic E-state index is 12.8. The van der Waals surface area contributed by atoms with E-state index < -0.39 is 18.0 Å². The van der Waals surface area contributed by atoms with Crippen molar-refractivity contribution in [3.05, 3.63) is 23.8 Å². The first-order valence-electron chi connectivity index (χ1n) is 23.8. The van der Waals surface area contributed by atoms with Gasteiger partial charge in [0.15, 0.2) is 0 Å². The maximum absolute atomic E-state index is 12.8. The molecule has 0 amide bonds. The molecule has 346 valence electrons. The van der Waals surface area contributed by atoms with Gasteiger partial charge in [0.1, 0.15) is 24.2 Å². The van der Waals surface area contributed by atoms with Gasteiger partial charge in [0, 0.05) is 44.7 Å². The smallest absolute Gasteiger partial charge is 0.306 e. The standard InChI is InChI=1S/C49H85NO10/c1-5-7-9-14-24-30-48(55)59-40-43(60-49(56)31-25-15-10-8-6-2)33-35-58-45-37-42(39-50(3)4)36-44(38-45)57-34-32-41(27-21-17-13-19-23-29-47(53)54)26-20-16-11-12-18-22-28-46(51)52/h36-38,41,43H,5-35,39-40H2,1-4H3,(H,51,52)(H,53,54)/t41-,43-/m0/s1. The fraction of sp³-hybridized carbons (Fsp3) is 0.796. The molecule has 0 saturated heterocycles. The van der Waals surface area contributed by atoms with E-state index in [1.165, 1.54) is 6.42 Å². The van der Waals surface area contributed by atoms with E-state index in [-0.39, 0.29) is 38.0 Å². The van der Waals surface area contributed by atoms with Crippen LogP contribution in [-0.4, -0.2) is 79.0 Å². The Bertz CT molecular complexity index is 1250. The van der Waals surface area contributed by atoms with Crippen LogP contribution in [0.1, 0.15) is 206 Å². The number of carbonyl (C=O) groups excluding carboxylic acids is 2. The van der Waals surface area contributed by atoms with Crippen LogP contribution in [0.3, 0.4) is 0 Å². The van der Waals surface area contributed by atoms with Crippen molar-refractivity contribution < 1.29 is 48.3 Å². The molecule has 0 aliphatic heterocycles. The van der Waals surface area contributed by atoms with Gasteiger partial charge in [-0.15, -0.1) is 0 Å². The van der Waals surface area contributed by atoms with Gasteiger partial charge in [-0.25, -0.2) is 0 Å². The number of unbranched alkanes of at least 4 members (excludes halogenated alkanes) is 17. The van der Waals surface area contributed by atoms with Crippen molar-refractivity contribution in [1.82, 2.24) is 4.90 Å². The summed E-state index contributed by atoms with van der Waals surface area (Å²) in [6, 6.07) is 6.01. The lowest BCUT2D eigenvalue weighted by molar-refractivity contribution is -0.160. The topological polar surface area (TPSA) is 149 Å². The van der Waals surface area contributed by atoms with E-state index in [1.54, 1.807) is 0 Å². The first-order chi connectivity index (χ1) is 29.0. The van der Waals surface area contributed by atoms with Crippen LogP contribution < -0.4 is 9.47 Å². The SMILES string of the molecule is CCCCCCCC(=O)OC[C@H](CCOc1cc(CN(C)C)cc(OCC[C@@H](CCCCCCCCC(=O)O)CCCCCCCC(=O)O)c1)OC(=O)CCCCCCC. The number of aliphatic carboxylic acids is 2.